The molecule has 1 aromatic rings. The van der Waals surface area contributed by atoms with E-state index in [2.05, 4.69) is 4.84 Å². The molecule has 0 fully saturated rings. The van der Waals surface area contributed by atoms with E-state index in [1.807, 2.05) is 18.2 Å². The Labute approximate surface area is 87.8 Å². The lowest BCUT2D eigenvalue weighted by Gasteiger charge is -2.09. The second-order valence-corrected chi connectivity index (χ2v) is 3.54. The van der Waals surface area contributed by atoms with Crippen molar-refractivity contribution in [2.45, 2.75) is 13.3 Å². The van der Waals surface area contributed by atoms with E-state index in [4.69, 9.17) is 17.5 Å². The molecule has 1 atom stereocenters. The highest BCUT2D eigenvalue weighted by Gasteiger charge is 2.15. The molecule has 0 spiro atoms. The summed E-state index contributed by atoms with van der Waals surface area (Å²) < 4.78 is 0. The molecule has 0 aliphatic rings. The number of hydrogen-bond acceptors (Lipinski definition) is 3. The zero-order valence-electron chi connectivity index (χ0n) is 7.87. The van der Waals surface area contributed by atoms with Crippen LogP contribution in [-0.2, 0) is 16.1 Å². The average Bonchev–Trinajstić information content (AvgIpc) is 2.20. The molecule has 2 N–H and O–H groups in total. The fraction of sp³-hybridized carbons (Fsp3) is 0.300. The molecule has 0 saturated heterocycles. The molecule has 1 unspecified atom stereocenters. The molecule has 1 rings (SSSR count). The van der Waals surface area contributed by atoms with Crippen molar-refractivity contribution in [3.63, 3.8) is 0 Å². The second-order valence-electron chi connectivity index (χ2n) is 3.13. The Morgan fingerprint density at radius 2 is 2.21 bits per heavy atom. The molecule has 1 aromatic carbocycles. The van der Waals surface area contributed by atoms with Crippen molar-refractivity contribution in [2.24, 2.45) is 11.8 Å². The smallest absolute Gasteiger partial charge is 0.327 e. The summed E-state index contributed by atoms with van der Waals surface area (Å²) in [6, 6.07) is 7.39. The number of hydrogen-bond donors (Lipinski definition) is 1. The minimum absolute atomic E-state index is 0.278. The Kier molecular flexibility index (Phi) is 3.92. The SMILES string of the molecule is CC(Cc1ccccc1Cl)C(=O)ON. The summed E-state index contributed by atoms with van der Waals surface area (Å²) in [4.78, 5) is 15.2. The van der Waals surface area contributed by atoms with Crippen LogP contribution < -0.4 is 5.90 Å². The first kappa shape index (κ1) is 11.0. The van der Waals surface area contributed by atoms with Gasteiger partial charge in [-0.15, -0.1) is 0 Å². The van der Waals surface area contributed by atoms with E-state index in [1.54, 1.807) is 13.0 Å². The van der Waals surface area contributed by atoms with Crippen LogP contribution in [0.4, 0.5) is 0 Å². The van der Waals surface area contributed by atoms with Crippen molar-refractivity contribution < 1.29 is 9.63 Å². The molecule has 3 nitrogen and oxygen atoms in total. The van der Waals surface area contributed by atoms with Gasteiger partial charge in [-0.1, -0.05) is 36.7 Å². The predicted molar refractivity (Wildman–Crippen MR) is 54.6 cm³/mol. The Bertz CT molecular complexity index is 328. The maximum Gasteiger partial charge on any atom is 0.327 e. The summed E-state index contributed by atoms with van der Waals surface area (Å²) in [5, 5.41) is 0.657. The van der Waals surface area contributed by atoms with Gasteiger partial charge in [0, 0.05) is 5.02 Å². The molecule has 76 valence electrons. The Morgan fingerprint density at radius 3 is 2.79 bits per heavy atom. The van der Waals surface area contributed by atoms with Gasteiger partial charge in [-0.05, 0) is 18.1 Å². The minimum atomic E-state index is -0.426. The molecule has 0 radical (unpaired) electrons. The minimum Gasteiger partial charge on any atom is -0.373 e. The van der Waals surface area contributed by atoms with Crippen molar-refractivity contribution in [3.05, 3.63) is 34.9 Å². The van der Waals surface area contributed by atoms with Crippen molar-refractivity contribution >= 4 is 17.6 Å². The highest BCUT2D eigenvalue weighted by Crippen LogP contribution is 2.18. The molecule has 0 amide bonds. The number of carbonyl (C=O) groups excluding carboxylic acids is 1. The molecular formula is C10H12ClNO2. The largest absolute Gasteiger partial charge is 0.373 e. The first-order chi connectivity index (χ1) is 6.65. The van der Waals surface area contributed by atoms with Crippen LogP contribution in [0.2, 0.25) is 5.02 Å². The predicted octanol–water partition coefficient (Wildman–Crippen LogP) is 1.94. The van der Waals surface area contributed by atoms with E-state index in [1.165, 1.54) is 0 Å². The van der Waals surface area contributed by atoms with Crippen LogP contribution in [0.25, 0.3) is 0 Å². The molecule has 0 bridgehead atoms. The van der Waals surface area contributed by atoms with Gasteiger partial charge in [0.05, 0.1) is 5.92 Å². The van der Waals surface area contributed by atoms with E-state index in [0.717, 1.165) is 5.56 Å². The maximum atomic E-state index is 11.0. The normalized spacial score (nSPS) is 12.2. The van der Waals surface area contributed by atoms with E-state index in [-0.39, 0.29) is 5.92 Å². The quantitative estimate of drug-likeness (QED) is 0.781. The lowest BCUT2D eigenvalue weighted by molar-refractivity contribution is -0.148. The van der Waals surface area contributed by atoms with E-state index in [9.17, 15) is 4.79 Å². The van der Waals surface area contributed by atoms with Gasteiger partial charge in [0.2, 0.25) is 0 Å². The van der Waals surface area contributed by atoms with E-state index < -0.39 is 5.97 Å². The Balaban J connectivity index is 2.69. The van der Waals surface area contributed by atoms with Gasteiger partial charge >= 0.3 is 5.97 Å². The molecule has 0 aliphatic heterocycles. The van der Waals surface area contributed by atoms with E-state index >= 15 is 0 Å². The van der Waals surface area contributed by atoms with E-state index in [0.29, 0.717) is 11.4 Å². The van der Waals surface area contributed by atoms with Gasteiger partial charge in [0.1, 0.15) is 0 Å². The molecule has 0 aromatic heterocycles. The van der Waals surface area contributed by atoms with Crippen LogP contribution in [0.15, 0.2) is 24.3 Å². The second kappa shape index (κ2) is 4.98. The van der Waals surface area contributed by atoms with Crippen molar-refractivity contribution in [2.75, 3.05) is 0 Å². The first-order valence-electron chi connectivity index (χ1n) is 4.29. The summed E-state index contributed by atoms with van der Waals surface area (Å²) in [5.74, 6) is 4.08. The van der Waals surface area contributed by atoms with Gasteiger partial charge in [-0.2, -0.15) is 5.90 Å². The highest BCUT2D eigenvalue weighted by atomic mass is 35.5. The summed E-state index contributed by atoms with van der Waals surface area (Å²) in [5.41, 5.74) is 0.923. The number of rotatable bonds is 3. The first-order valence-corrected chi connectivity index (χ1v) is 4.67. The summed E-state index contributed by atoms with van der Waals surface area (Å²) >= 11 is 5.93. The maximum absolute atomic E-state index is 11.0. The fourth-order valence-electron chi connectivity index (χ4n) is 1.19. The zero-order chi connectivity index (χ0) is 10.6. The molecule has 0 aliphatic carbocycles. The Hall–Kier alpha value is -1.06. The van der Waals surface area contributed by atoms with Gasteiger partial charge < -0.3 is 4.84 Å². The van der Waals surface area contributed by atoms with Gasteiger partial charge in [0.15, 0.2) is 0 Å². The lowest BCUT2D eigenvalue weighted by Crippen LogP contribution is -2.20. The number of nitrogens with two attached hydrogens (primary N) is 1. The van der Waals surface area contributed by atoms with Crippen LogP contribution >= 0.6 is 11.6 Å². The van der Waals surface area contributed by atoms with Crippen LogP contribution in [-0.4, -0.2) is 5.97 Å². The standard InChI is InChI=1S/C10H12ClNO2/c1-7(10(13)14-12)6-8-4-2-3-5-9(8)11/h2-5,7H,6,12H2,1H3. The molecule has 14 heavy (non-hydrogen) atoms. The van der Waals surface area contributed by atoms with Crippen molar-refractivity contribution in [1.29, 1.82) is 0 Å². The monoisotopic (exact) mass is 213 g/mol. The molecular weight excluding hydrogens is 202 g/mol. The highest BCUT2D eigenvalue weighted by molar-refractivity contribution is 6.31. The number of halogens is 1. The molecule has 4 heteroatoms. The number of benzene rings is 1. The molecule has 0 saturated carbocycles. The summed E-state index contributed by atoms with van der Waals surface area (Å²) in [7, 11) is 0. The zero-order valence-corrected chi connectivity index (χ0v) is 8.62. The van der Waals surface area contributed by atoms with Crippen LogP contribution in [0.3, 0.4) is 0 Å². The summed E-state index contributed by atoms with van der Waals surface area (Å²) in [6.07, 6.45) is 0.537. The topological polar surface area (TPSA) is 52.3 Å². The lowest BCUT2D eigenvalue weighted by atomic mass is 10.0. The van der Waals surface area contributed by atoms with Gasteiger partial charge in [-0.25, -0.2) is 0 Å². The summed E-state index contributed by atoms with van der Waals surface area (Å²) in [6.45, 7) is 1.75. The Morgan fingerprint density at radius 1 is 1.57 bits per heavy atom. The van der Waals surface area contributed by atoms with Crippen molar-refractivity contribution in [3.8, 4) is 0 Å². The van der Waals surface area contributed by atoms with Crippen molar-refractivity contribution in [1.82, 2.24) is 0 Å². The average molecular weight is 214 g/mol. The van der Waals surface area contributed by atoms with Gasteiger partial charge in [-0.3, -0.25) is 4.79 Å². The third kappa shape index (κ3) is 2.72. The third-order valence-electron chi connectivity index (χ3n) is 2.00. The fourth-order valence-corrected chi connectivity index (χ4v) is 1.41. The van der Waals surface area contributed by atoms with Crippen LogP contribution in [0.5, 0.6) is 0 Å². The van der Waals surface area contributed by atoms with Crippen LogP contribution in [0, 0.1) is 5.92 Å². The van der Waals surface area contributed by atoms with Gasteiger partial charge in [0.25, 0.3) is 0 Å². The number of carbonyl (C=O) groups is 1. The third-order valence-corrected chi connectivity index (χ3v) is 2.37. The molecule has 0 heterocycles. The van der Waals surface area contributed by atoms with Crippen LogP contribution in [0.1, 0.15) is 12.5 Å².